The van der Waals surface area contributed by atoms with Crippen molar-refractivity contribution in [2.75, 3.05) is 0 Å². The number of rotatable bonds is 1. The molecule has 0 saturated heterocycles. The predicted molar refractivity (Wildman–Crippen MR) is 105 cm³/mol. The summed E-state index contributed by atoms with van der Waals surface area (Å²) in [5.74, 6) is -0.0784. The van der Waals surface area contributed by atoms with Crippen LogP contribution in [0.25, 0.3) is 22.2 Å². The van der Waals surface area contributed by atoms with Crippen molar-refractivity contribution < 1.29 is 4.79 Å². The van der Waals surface area contributed by atoms with Gasteiger partial charge in [-0.15, -0.1) is 0 Å². The Morgan fingerprint density at radius 3 is 2.50 bits per heavy atom. The zero-order valence-electron chi connectivity index (χ0n) is 13.7. The molecule has 5 rings (SSSR count). The lowest BCUT2D eigenvalue weighted by molar-refractivity contribution is 0.0943. The second-order valence-electron chi connectivity index (χ2n) is 6.33. The van der Waals surface area contributed by atoms with Crippen LogP contribution in [0.4, 0.5) is 0 Å². The van der Waals surface area contributed by atoms with Crippen molar-refractivity contribution in [2.24, 2.45) is 0 Å². The van der Waals surface area contributed by atoms with E-state index in [1.165, 1.54) is 0 Å². The molecular weight excluding hydrogens is 390 g/mol. The van der Waals surface area contributed by atoms with Gasteiger partial charge in [-0.25, -0.2) is 4.98 Å². The Morgan fingerprint density at radius 1 is 0.923 bits per heavy atom. The van der Waals surface area contributed by atoms with E-state index in [4.69, 9.17) is 0 Å². The molecule has 1 unspecified atom stereocenters. The zero-order chi connectivity index (χ0) is 17.7. The molecule has 1 aliphatic rings. The number of H-pyrrole nitrogens is 1. The van der Waals surface area contributed by atoms with Crippen LogP contribution in [-0.2, 0) is 0 Å². The predicted octanol–water partition coefficient (Wildman–Crippen LogP) is 4.83. The minimum atomic E-state index is -0.249. The molecule has 4 nitrogen and oxygen atoms in total. The normalized spacial score (nSPS) is 15.9. The van der Waals surface area contributed by atoms with Gasteiger partial charge >= 0.3 is 0 Å². The number of fused-ring (bicyclic) bond motifs is 2. The number of halogens is 1. The van der Waals surface area contributed by atoms with Crippen LogP contribution in [0.2, 0.25) is 0 Å². The van der Waals surface area contributed by atoms with Crippen LogP contribution in [0.3, 0.4) is 0 Å². The van der Waals surface area contributed by atoms with Crippen LogP contribution in [0.5, 0.6) is 0 Å². The van der Waals surface area contributed by atoms with Gasteiger partial charge in [-0.1, -0.05) is 46.3 Å². The molecule has 26 heavy (non-hydrogen) atoms. The van der Waals surface area contributed by atoms with Gasteiger partial charge in [0.15, 0.2) is 0 Å². The van der Waals surface area contributed by atoms with E-state index in [2.05, 4.69) is 31.2 Å². The Labute approximate surface area is 158 Å². The number of pyridine rings is 1. The van der Waals surface area contributed by atoms with Gasteiger partial charge < -0.3 is 10.3 Å². The maximum Gasteiger partial charge on any atom is 0.252 e. The van der Waals surface area contributed by atoms with E-state index in [1.807, 2.05) is 60.8 Å². The van der Waals surface area contributed by atoms with Crippen molar-refractivity contribution in [1.82, 2.24) is 15.3 Å². The first-order chi connectivity index (χ1) is 12.7. The smallest absolute Gasteiger partial charge is 0.252 e. The molecule has 2 aromatic heterocycles. The molecule has 126 valence electrons. The molecule has 1 atom stereocenters. The summed E-state index contributed by atoms with van der Waals surface area (Å²) in [6.07, 6.45) is 3.73. The number of carbonyl (C=O) groups excluding carboxylic acids is 1. The molecule has 4 aromatic rings. The number of carbonyl (C=O) groups is 1. The summed E-state index contributed by atoms with van der Waals surface area (Å²) in [4.78, 5) is 20.7. The van der Waals surface area contributed by atoms with E-state index in [9.17, 15) is 4.79 Å². The Kier molecular flexibility index (Phi) is 3.43. The maximum absolute atomic E-state index is 13.0. The largest absolute Gasteiger partial charge is 0.346 e. The van der Waals surface area contributed by atoms with Gasteiger partial charge in [0.05, 0.1) is 6.04 Å². The lowest BCUT2D eigenvalue weighted by Crippen LogP contribution is -2.30. The summed E-state index contributed by atoms with van der Waals surface area (Å²) in [6.45, 7) is 0. The third kappa shape index (κ3) is 2.28. The van der Waals surface area contributed by atoms with E-state index >= 15 is 0 Å². The molecule has 5 heteroatoms. The third-order valence-corrected chi connectivity index (χ3v) is 5.38. The average molecular weight is 404 g/mol. The molecule has 0 aliphatic carbocycles. The van der Waals surface area contributed by atoms with Gasteiger partial charge in [0.2, 0.25) is 0 Å². The first-order valence-electron chi connectivity index (χ1n) is 8.34. The number of aromatic amines is 1. The lowest BCUT2D eigenvalue weighted by Gasteiger charge is -2.23. The molecule has 3 heterocycles. The number of hydrogen-bond acceptors (Lipinski definition) is 2. The molecule has 0 saturated carbocycles. The number of nitrogens with zero attached hydrogens (tertiary/aromatic N) is 1. The van der Waals surface area contributed by atoms with Crippen LogP contribution < -0.4 is 5.32 Å². The Hall–Kier alpha value is -2.92. The third-order valence-electron chi connectivity index (χ3n) is 4.86. The van der Waals surface area contributed by atoms with Crippen LogP contribution in [0.1, 0.15) is 27.5 Å². The summed E-state index contributed by atoms with van der Waals surface area (Å²) in [5, 5.41) is 4.24. The number of amides is 1. The fraction of sp³-hybridized carbons (Fsp3) is 0.0476. The van der Waals surface area contributed by atoms with Gasteiger partial charge in [0.25, 0.3) is 5.91 Å². The Balaban J connectivity index is 1.84. The molecule has 1 aliphatic heterocycles. The molecule has 2 N–H and O–H groups in total. The van der Waals surface area contributed by atoms with Crippen molar-refractivity contribution in [3.05, 3.63) is 88.2 Å². The van der Waals surface area contributed by atoms with Gasteiger partial charge in [-0.05, 0) is 41.0 Å². The highest BCUT2D eigenvalue weighted by Crippen LogP contribution is 2.38. The molecule has 0 radical (unpaired) electrons. The molecule has 0 spiro atoms. The molecule has 0 bridgehead atoms. The van der Waals surface area contributed by atoms with Gasteiger partial charge in [0.1, 0.15) is 5.65 Å². The number of aromatic nitrogens is 2. The number of nitrogens with one attached hydrogen (secondary N) is 2. The van der Waals surface area contributed by atoms with Crippen molar-refractivity contribution >= 4 is 32.9 Å². The van der Waals surface area contributed by atoms with Crippen LogP contribution in [0.15, 0.2) is 71.5 Å². The SMILES string of the molecule is O=C1NC(c2ccc(Br)cc2)c2c[nH]c3nccc(c23)-c2ccccc21. The highest BCUT2D eigenvalue weighted by atomic mass is 79.9. The highest BCUT2D eigenvalue weighted by Gasteiger charge is 2.27. The van der Waals surface area contributed by atoms with Crippen LogP contribution >= 0.6 is 15.9 Å². The van der Waals surface area contributed by atoms with Gasteiger partial charge in [-0.2, -0.15) is 0 Å². The molecular formula is C21H14BrN3O. The monoisotopic (exact) mass is 403 g/mol. The van der Waals surface area contributed by atoms with E-state index in [-0.39, 0.29) is 11.9 Å². The van der Waals surface area contributed by atoms with Crippen molar-refractivity contribution in [3.63, 3.8) is 0 Å². The van der Waals surface area contributed by atoms with E-state index in [0.29, 0.717) is 5.56 Å². The van der Waals surface area contributed by atoms with Gasteiger partial charge in [0, 0.05) is 33.4 Å². The fourth-order valence-corrected chi connectivity index (χ4v) is 3.92. The van der Waals surface area contributed by atoms with Crippen LogP contribution in [-0.4, -0.2) is 15.9 Å². The minimum absolute atomic E-state index is 0.0784. The molecule has 2 aromatic carbocycles. The first kappa shape index (κ1) is 15.3. The summed E-state index contributed by atoms with van der Waals surface area (Å²) in [6, 6.07) is 17.5. The van der Waals surface area contributed by atoms with E-state index in [1.54, 1.807) is 6.20 Å². The lowest BCUT2D eigenvalue weighted by atomic mass is 9.90. The topological polar surface area (TPSA) is 57.8 Å². The van der Waals surface area contributed by atoms with E-state index in [0.717, 1.165) is 37.8 Å². The van der Waals surface area contributed by atoms with Gasteiger partial charge in [-0.3, -0.25) is 4.79 Å². The minimum Gasteiger partial charge on any atom is -0.346 e. The standard InChI is InChI=1S/C21H14BrN3O/c22-13-7-5-12(6-8-13)19-17-11-24-20-18(17)15(9-10-23-20)14-3-1-2-4-16(14)21(26)25-19/h1-11,19H,(H,23,24)(H,25,26). The van der Waals surface area contributed by atoms with Crippen LogP contribution in [0, 0.1) is 0 Å². The maximum atomic E-state index is 13.0. The van der Waals surface area contributed by atoms with Crippen molar-refractivity contribution in [1.29, 1.82) is 0 Å². The quantitative estimate of drug-likeness (QED) is 0.478. The number of benzene rings is 2. The summed E-state index contributed by atoms with van der Waals surface area (Å²) in [5.41, 5.74) is 5.50. The summed E-state index contributed by atoms with van der Waals surface area (Å²) < 4.78 is 1.00. The summed E-state index contributed by atoms with van der Waals surface area (Å²) >= 11 is 3.47. The van der Waals surface area contributed by atoms with Crippen molar-refractivity contribution in [3.8, 4) is 11.1 Å². The second-order valence-corrected chi connectivity index (χ2v) is 7.25. The number of hydrogen-bond donors (Lipinski definition) is 2. The highest BCUT2D eigenvalue weighted by molar-refractivity contribution is 9.10. The fourth-order valence-electron chi connectivity index (χ4n) is 3.65. The van der Waals surface area contributed by atoms with Crippen molar-refractivity contribution in [2.45, 2.75) is 6.04 Å². The molecule has 0 fully saturated rings. The second kappa shape index (κ2) is 5.81. The summed E-state index contributed by atoms with van der Waals surface area (Å²) in [7, 11) is 0. The first-order valence-corrected chi connectivity index (χ1v) is 9.13. The average Bonchev–Trinajstić information content (AvgIpc) is 3.10. The Morgan fingerprint density at radius 2 is 1.69 bits per heavy atom. The molecule has 1 amide bonds. The Bertz CT molecular complexity index is 1150. The van der Waals surface area contributed by atoms with E-state index < -0.39 is 0 Å². The zero-order valence-corrected chi connectivity index (χ0v) is 15.2.